The van der Waals surface area contributed by atoms with Crippen molar-refractivity contribution in [2.24, 2.45) is 0 Å². The van der Waals surface area contributed by atoms with Gasteiger partial charge in [-0.3, -0.25) is 14.5 Å². The van der Waals surface area contributed by atoms with Crippen molar-refractivity contribution in [1.29, 1.82) is 0 Å². The number of likely N-dealkylation sites (tertiary alicyclic amines) is 1. The predicted octanol–water partition coefficient (Wildman–Crippen LogP) is 3.95. The molecule has 2 saturated heterocycles. The van der Waals surface area contributed by atoms with Crippen LogP contribution in [0.5, 0.6) is 17.2 Å². The quantitative estimate of drug-likeness (QED) is 0.261. The molecule has 39 heavy (non-hydrogen) atoms. The average molecular weight is 539 g/mol. The Morgan fingerprint density at radius 2 is 1.77 bits per heavy atom. The van der Waals surface area contributed by atoms with Crippen LogP contribution in [0.4, 0.5) is 0 Å². The number of aryl methyl sites for hydroxylation is 1. The number of morpholine rings is 1. The highest BCUT2D eigenvalue weighted by molar-refractivity contribution is 6.46. The molecule has 2 aromatic rings. The Bertz CT molecular complexity index is 1220. The topological polar surface area (TPSA) is 97.8 Å². The van der Waals surface area contributed by atoms with Crippen LogP contribution in [0, 0.1) is 6.92 Å². The number of aliphatic hydroxyl groups excluding tert-OH is 1. The molecule has 2 aliphatic rings. The van der Waals surface area contributed by atoms with Crippen LogP contribution >= 0.6 is 0 Å². The molecular formula is C30H38N2O7. The first-order valence-corrected chi connectivity index (χ1v) is 13.4. The second-order valence-electron chi connectivity index (χ2n) is 9.74. The van der Waals surface area contributed by atoms with Crippen LogP contribution in [0.3, 0.4) is 0 Å². The van der Waals surface area contributed by atoms with Gasteiger partial charge in [-0.2, -0.15) is 0 Å². The highest BCUT2D eigenvalue weighted by Gasteiger charge is 2.46. The summed E-state index contributed by atoms with van der Waals surface area (Å²) in [5.41, 5.74) is 1.94. The highest BCUT2D eigenvalue weighted by Crippen LogP contribution is 2.42. The molecule has 0 aliphatic carbocycles. The maximum atomic E-state index is 13.5. The summed E-state index contributed by atoms with van der Waals surface area (Å²) in [6.45, 7) is 8.67. The molecule has 210 valence electrons. The van der Waals surface area contributed by atoms with Crippen LogP contribution in [0.1, 0.15) is 42.5 Å². The van der Waals surface area contributed by atoms with Crippen LogP contribution < -0.4 is 14.2 Å². The van der Waals surface area contributed by atoms with E-state index < -0.39 is 17.7 Å². The Morgan fingerprint density at radius 1 is 1.03 bits per heavy atom. The van der Waals surface area contributed by atoms with Crippen molar-refractivity contribution in [3.05, 3.63) is 58.7 Å². The first-order chi connectivity index (χ1) is 18.9. The lowest BCUT2D eigenvalue weighted by Gasteiger charge is -2.29. The molecule has 9 heteroatoms. The van der Waals surface area contributed by atoms with E-state index in [2.05, 4.69) is 4.90 Å². The third kappa shape index (κ3) is 6.20. The molecule has 2 heterocycles. The third-order valence-electron chi connectivity index (χ3n) is 7.17. The Morgan fingerprint density at radius 3 is 2.44 bits per heavy atom. The van der Waals surface area contributed by atoms with Crippen molar-refractivity contribution >= 4 is 17.4 Å². The Kier molecular flexibility index (Phi) is 9.48. The Hall–Kier alpha value is -3.56. The summed E-state index contributed by atoms with van der Waals surface area (Å²) in [5, 5.41) is 11.5. The molecule has 2 aromatic carbocycles. The van der Waals surface area contributed by atoms with E-state index in [1.807, 2.05) is 19.9 Å². The van der Waals surface area contributed by atoms with Crippen molar-refractivity contribution in [1.82, 2.24) is 9.80 Å². The van der Waals surface area contributed by atoms with Crippen LogP contribution in [0.15, 0.2) is 42.0 Å². The number of hydrogen-bond donors (Lipinski definition) is 1. The van der Waals surface area contributed by atoms with E-state index in [0.717, 1.165) is 31.6 Å². The monoisotopic (exact) mass is 538 g/mol. The van der Waals surface area contributed by atoms with Gasteiger partial charge < -0.3 is 29.0 Å². The summed E-state index contributed by atoms with van der Waals surface area (Å²) in [5.74, 6) is 0.157. The van der Waals surface area contributed by atoms with Crippen molar-refractivity contribution in [3.63, 3.8) is 0 Å². The molecule has 1 atom stereocenters. The number of ether oxygens (including phenoxy) is 4. The SMILES string of the molecule is CCCOc1ccc(C(O)=C2C(=O)C(=O)N(CCCN3CCOCC3)[C@H]2c2ccc(OC)c(OC)c2)c(C)c1. The van der Waals surface area contributed by atoms with Crippen molar-refractivity contribution in [3.8, 4) is 17.2 Å². The van der Waals surface area contributed by atoms with Gasteiger partial charge in [0.15, 0.2) is 11.5 Å². The average Bonchev–Trinajstić information content (AvgIpc) is 3.21. The summed E-state index contributed by atoms with van der Waals surface area (Å²) < 4.78 is 22.0. The number of rotatable bonds is 11. The summed E-state index contributed by atoms with van der Waals surface area (Å²) in [4.78, 5) is 30.7. The zero-order chi connectivity index (χ0) is 27.9. The minimum absolute atomic E-state index is 0.0592. The van der Waals surface area contributed by atoms with E-state index in [9.17, 15) is 14.7 Å². The molecule has 0 saturated carbocycles. The van der Waals surface area contributed by atoms with E-state index in [4.69, 9.17) is 18.9 Å². The molecule has 0 radical (unpaired) electrons. The lowest BCUT2D eigenvalue weighted by Crippen LogP contribution is -2.39. The van der Waals surface area contributed by atoms with E-state index in [1.165, 1.54) is 7.11 Å². The largest absolute Gasteiger partial charge is 0.507 e. The van der Waals surface area contributed by atoms with Crippen LogP contribution in [0.2, 0.25) is 0 Å². The standard InChI is InChI=1S/C30H38N2O7/c1-5-15-39-22-8-9-23(20(2)18-22)28(33)26-27(21-7-10-24(36-3)25(19-21)37-4)32(30(35)29(26)34)12-6-11-31-13-16-38-17-14-31/h7-10,18-19,27,33H,5-6,11-17H2,1-4H3/t27-/m0/s1. The molecule has 1 N–H and O–H groups in total. The van der Waals surface area contributed by atoms with Gasteiger partial charge in [0.2, 0.25) is 0 Å². The minimum Gasteiger partial charge on any atom is -0.507 e. The van der Waals surface area contributed by atoms with E-state index in [-0.39, 0.29) is 11.3 Å². The minimum atomic E-state index is -0.773. The Labute approximate surface area is 229 Å². The summed E-state index contributed by atoms with van der Waals surface area (Å²) in [7, 11) is 3.08. The number of benzene rings is 2. The maximum Gasteiger partial charge on any atom is 0.295 e. The zero-order valence-electron chi connectivity index (χ0n) is 23.2. The zero-order valence-corrected chi connectivity index (χ0v) is 23.2. The van der Waals surface area contributed by atoms with Gasteiger partial charge in [0.05, 0.1) is 45.7 Å². The highest BCUT2D eigenvalue weighted by atomic mass is 16.5. The number of carbonyl (C=O) groups excluding carboxylic acids is 2. The molecule has 2 aliphatic heterocycles. The fourth-order valence-electron chi connectivity index (χ4n) is 5.13. The van der Waals surface area contributed by atoms with Gasteiger partial charge in [0, 0.05) is 31.7 Å². The predicted molar refractivity (Wildman–Crippen MR) is 147 cm³/mol. The third-order valence-corrected chi connectivity index (χ3v) is 7.17. The summed E-state index contributed by atoms with van der Waals surface area (Å²) in [6.07, 6.45) is 1.56. The van der Waals surface area contributed by atoms with Crippen molar-refractivity contribution in [2.45, 2.75) is 32.7 Å². The molecule has 0 unspecified atom stereocenters. The van der Waals surface area contributed by atoms with E-state index in [1.54, 1.807) is 42.3 Å². The van der Waals surface area contributed by atoms with Gasteiger partial charge in [0.1, 0.15) is 11.5 Å². The molecule has 1 amide bonds. The lowest BCUT2D eigenvalue weighted by molar-refractivity contribution is -0.140. The second-order valence-corrected chi connectivity index (χ2v) is 9.74. The smallest absolute Gasteiger partial charge is 0.295 e. The normalized spacial score (nSPS) is 19.4. The number of nitrogens with zero attached hydrogens (tertiary/aromatic N) is 2. The van der Waals surface area contributed by atoms with E-state index >= 15 is 0 Å². The van der Waals surface area contributed by atoms with Crippen LogP contribution in [0.25, 0.3) is 5.76 Å². The van der Waals surface area contributed by atoms with Crippen molar-refractivity contribution in [2.75, 3.05) is 60.2 Å². The number of amides is 1. The summed E-state index contributed by atoms with van der Waals surface area (Å²) >= 11 is 0. The van der Waals surface area contributed by atoms with Crippen molar-refractivity contribution < 1.29 is 33.6 Å². The second kappa shape index (κ2) is 13.0. The fourth-order valence-corrected chi connectivity index (χ4v) is 5.13. The van der Waals surface area contributed by atoms with E-state index in [0.29, 0.717) is 61.2 Å². The van der Waals surface area contributed by atoms with Crippen LogP contribution in [-0.2, 0) is 14.3 Å². The molecule has 9 nitrogen and oxygen atoms in total. The number of methoxy groups -OCH3 is 2. The van der Waals surface area contributed by atoms with Gasteiger partial charge >= 0.3 is 0 Å². The Balaban J connectivity index is 1.72. The van der Waals surface area contributed by atoms with Gasteiger partial charge in [-0.25, -0.2) is 0 Å². The van der Waals surface area contributed by atoms with Gasteiger partial charge in [-0.15, -0.1) is 0 Å². The number of ketones is 1. The maximum absolute atomic E-state index is 13.5. The molecule has 0 bridgehead atoms. The number of Topliss-reactive ketones (excluding diaryl/α,β-unsaturated/α-hetero) is 1. The lowest BCUT2D eigenvalue weighted by atomic mass is 9.93. The number of hydrogen-bond acceptors (Lipinski definition) is 8. The number of aliphatic hydroxyl groups is 1. The number of carbonyl (C=O) groups is 2. The molecular weight excluding hydrogens is 500 g/mol. The molecule has 2 fully saturated rings. The van der Waals surface area contributed by atoms with Gasteiger partial charge in [-0.1, -0.05) is 13.0 Å². The first-order valence-electron chi connectivity index (χ1n) is 13.4. The molecule has 4 rings (SSSR count). The molecule has 0 spiro atoms. The van der Waals surface area contributed by atoms with Crippen LogP contribution in [-0.4, -0.2) is 86.8 Å². The first kappa shape index (κ1) is 28.4. The fraction of sp³-hybridized carbons (Fsp3) is 0.467. The molecule has 0 aromatic heterocycles. The van der Waals surface area contributed by atoms with Gasteiger partial charge in [0.25, 0.3) is 11.7 Å². The summed E-state index contributed by atoms with van der Waals surface area (Å²) in [6, 6.07) is 9.85. The van der Waals surface area contributed by atoms with Gasteiger partial charge in [-0.05, 0) is 61.2 Å².